The van der Waals surface area contributed by atoms with E-state index in [0.29, 0.717) is 16.7 Å². The zero-order valence-electron chi connectivity index (χ0n) is 9.77. The Bertz CT molecular complexity index is 581. The van der Waals surface area contributed by atoms with Crippen LogP contribution in [0.15, 0.2) is 12.3 Å². The van der Waals surface area contributed by atoms with Crippen LogP contribution in [0.3, 0.4) is 0 Å². The number of nitrogens with zero attached hydrogens (tertiary/aromatic N) is 3. The van der Waals surface area contributed by atoms with Gasteiger partial charge in [0.2, 0.25) is 0 Å². The first-order valence-corrected chi connectivity index (χ1v) is 5.44. The van der Waals surface area contributed by atoms with Crippen LogP contribution in [0, 0.1) is 6.92 Å². The van der Waals surface area contributed by atoms with Gasteiger partial charge >= 0.3 is 5.97 Å². The summed E-state index contributed by atoms with van der Waals surface area (Å²) in [6.07, 6.45) is 2.31. The highest BCUT2D eigenvalue weighted by Crippen LogP contribution is 2.13. The van der Waals surface area contributed by atoms with Gasteiger partial charge in [-0.05, 0) is 25.0 Å². The number of aromatic nitrogens is 3. The number of hydrogen-bond donors (Lipinski definition) is 1. The summed E-state index contributed by atoms with van der Waals surface area (Å²) in [7, 11) is 0. The average molecular weight is 231 g/mol. The first kappa shape index (κ1) is 11.4. The molecule has 2 heterocycles. The van der Waals surface area contributed by atoms with E-state index in [1.807, 2.05) is 13.8 Å². The number of hydrogen-bond acceptors (Lipinski definition) is 4. The maximum absolute atomic E-state index is 10.6. The van der Waals surface area contributed by atoms with Crippen molar-refractivity contribution >= 4 is 17.1 Å². The first-order valence-electron chi connectivity index (χ1n) is 5.44. The third-order valence-corrected chi connectivity index (χ3v) is 2.54. The van der Waals surface area contributed by atoms with Gasteiger partial charge in [0.15, 0.2) is 5.65 Å². The highest BCUT2D eigenvalue weighted by Gasteiger charge is 2.07. The third kappa shape index (κ3) is 2.38. The SMILES string of the molecule is CCc1nc2ncc(CC(=O)O)cc2nc1C. The molecule has 2 aromatic heterocycles. The van der Waals surface area contributed by atoms with Gasteiger partial charge in [-0.25, -0.2) is 15.0 Å². The molecule has 0 aromatic carbocycles. The molecule has 0 bridgehead atoms. The molecule has 0 aliphatic heterocycles. The summed E-state index contributed by atoms with van der Waals surface area (Å²) in [5, 5.41) is 8.71. The Kier molecular flexibility index (Phi) is 2.99. The monoisotopic (exact) mass is 231 g/mol. The molecule has 2 aromatic rings. The lowest BCUT2D eigenvalue weighted by Crippen LogP contribution is -2.03. The number of carboxylic acids is 1. The van der Waals surface area contributed by atoms with Crippen molar-refractivity contribution in [3.8, 4) is 0 Å². The fourth-order valence-corrected chi connectivity index (χ4v) is 1.72. The van der Waals surface area contributed by atoms with Crippen LogP contribution < -0.4 is 0 Å². The van der Waals surface area contributed by atoms with Crippen molar-refractivity contribution in [2.45, 2.75) is 26.7 Å². The van der Waals surface area contributed by atoms with Crippen LogP contribution in [0.25, 0.3) is 11.2 Å². The number of carboxylic acid groups (broad SMARTS) is 1. The number of aliphatic carboxylic acids is 1. The van der Waals surface area contributed by atoms with Crippen LogP contribution >= 0.6 is 0 Å². The summed E-state index contributed by atoms with van der Waals surface area (Å²) >= 11 is 0. The summed E-state index contributed by atoms with van der Waals surface area (Å²) in [5.41, 5.74) is 3.66. The minimum Gasteiger partial charge on any atom is -0.481 e. The first-order chi connectivity index (χ1) is 8.10. The van der Waals surface area contributed by atoms with E-state index in [4.69, 9.17) is 5.11 Å². The van der Waals surface area contributed by atoms with E-state index in [9.17, 15) is 4.79 Å². The molecule has 0 saturated carbocycles. The van der Waals surface area contributed by atoms with Crippen molar-refractivity contribution in [2.24, 2.45) is 0 Å². The maximum atomic E-state index is 10.6. The van der Waals surface area contributed by atoms with E-state index in [-0.39, 0.29) is 6.42 Å². The molecule has 5 nitrogen and oxygen atoms in total. The van der Waals surface area contributed by atoms with Crippen LogP contribution in [0.2, 0.25) is 0 Å². The largest absolute Gasteiger partial charge is 0.481 e. The Morgan fingerprint density at radius 2 is 2.18 bits per heavy atom. The molecule has 0 fully saturated rings. The van der Waals surface area contributed by atoms with Crippen molar-refractivity contribution in [3.05, 3.63) is 29.2 Å². The van der Waals surface area contributed by atoms with E-state index >= 15 is 0 Å². The second-order valence-corrected chi connectivity index (χ2v) is 3.87. The van der Waals surface area contributed by atoms with Crippen molar-refractivity contribution in [1.29, 1.82) is 0 Å². The normalized spacial score (nSPS) is 10.7. The van der Waals surface area contributed by atoms with E-state index in [1.165, 1.54) is 0 Å². The summed E-state index contributed by atoms with van der Waals surface area (Å²) in [6.45, 7) is 3.91. The fraction of sp³-hybridized carbons (Fsp3) is 0.333. The fourth-order valence-electron chi connectivity index (χ4n) is 1.72. The quantitative estimate of drug-likeness (QED) is 0.866. The highest BCUT2D eigenvalue weighted by atomic mass is 16.4. The van der Waals surface area contributed by atoms with Crippen LogP contribution in [0.5, 0.6) is 0 Å². The molecule has 1 N–H and O–H groups in total. The van der Waals surface area contributed by atoms with Gasteiger partial charge in [-0.15, -0.1) is 0 Å². The lowest BCUT2D eigenvalue weighted by Gasteiger charge is -2.04. The molecule has 5 heteroatoms. The van der Waals surface area contributed by atoms with Crippen LogP contribution in [-0.4, -0.2) is 26.0 Å². The van der Waals surface area contributed by atoms with Crippen molar-refractivity contribution < 1.29 is 9.90 Å². The summed E-state index contributed by atoms with van der Waals surface area (Å²) in [4.78, 5) is 23.5. The van der Waals surface area contributed by atoms with Gasteiger partial charge in [-0.2, -0.15) is 0 Å². The Balaban J connectivity index is 2.51. The predicted octanol–water partition coefficient (Wildman–Crippen LogP) is 1.52. The number of carbonyl (C=O) groups is 1. The topological polar surface area (TPSA) is 76.0 Å². The Morgan fingerprint density at radius 3 is 2.82 bits per heavy atom. The standard InChI is InChI=1S/C12H13N3O2/c1-3-9-7(2)14-10-4-8(5-11(16)17)6-13-12(10)15-9/h4,6H,3,5H2,1-2H3,(H,16,17). The molecule has 88 valence electrons. The van der Waals surface area contributed by atoms with E-state index < -0.39 is 5.97 Å². The van der Waals surface area contributed by atoms with Crippen LogP contribution in [0.4, 0.5) is 0 Å². The van der Waals surface area contributed by atoms with E-state index in [1.54, 1.807) is 12.3 Å². The second-order valence-electron chi connectivity index (χ2n) is 3.87. The van der Waals surface area contributed by atoms with E-state index in [2.05, 4.69) is 15.0 Å². The molecule has 2 rings (SSSR count). The molecule has 0 radical (unpaired) electrons. The van der Waals surface area contributed by atoms with Gasteiger partial charge in [0.05, 0.1) is 17.8 Å². The summed E-state index contributed by atoms with van der Waals surface area (Å²) in [5.74, 6) is -0.874. The molecule has 17 heavy (non-hydrogen) atoms. The number of rotatable bonds is 3. The smallest absolute Gasteiger partial charge is 0.307 e. The van der Waals surface area contributed by atoms with Gasteiger partial charge < -0.3 is 5.11 Å². The van der Waals surface area contributed by atoms with Gasteiger partial charge in [0, 0.05) is 6.20 Å². The molecule has 0 unspecified atom stereocenters. The lowest BCUT2D eigenvalue weighted by molar-refractivity contribution is -0.136. The molecule has 0 atom stereocenters. The molecule has 0 spiro atoms. The molecule has 0 amide bonds. The van der Waals surface area contributed by atoms with Crippen LogP contribution in [-0.2, 0) is 17.6 Å². The van der Waals surface area contributed by atoms with Crippen LogP contribution in [0.1, 0.15) is 23.9 Å². The number of fused-ring (bicyclic) bond motifs is 1. The Morgan fingerprint density at radius 1 is 1.41 bits per heavy atom. The number of pyridine rings is 1. The molecular weight excluding hydrogens is 218 g/mol. The van der Waals surface area contributed by atoms with E-state index in [0.717, 1.165) is 17.8 Å². The zero-order valence-corrected chi connectivity index (χ0v) is 9.77. The van der Waals surface area contributed by atoms with Crippen molar-refractivity contribution in [3.63, 3.8) is 0 Å². The summed E-state index contributed by atoms with van der Waals surface area (Å²) in [6, 6.07) is 1.73. The minimum absolute atomic E-state index is 0.0425. The average Bonchev–Trinajstić information content (AvgIpc) is 2.27. The zero-order chi connectivity index (χ0) is 12.4. The highest BCUT2D eigenvalue weighted by molar-refractivity contribution is 5.74. The molecule has 0 aliphatic rings. The maximum Gasteiger partial charge on any atom is 0.307 e. The second kappa shape index (κ2) is 4.45. The van der Waals surface area contributed by atoms with Gasteiger partial charge in [-0.1, -0.05) is 6.92 Å². The van der Waals surface area contributed by atoms with Gasteiger partial charge in [-0.3, -0.25) is 4.79 Å². The molecule has 0 saturated heterocycles. The van der Waals surface area contributed by atoms with Gasteiger partial charge in [0.25, 0.3) is 0 Å². The predicted molar refractivity (Wildman–Crippen MR) is 62.8 cm³/mol. The molecular formula is C12H13N3O2. The van der Waals surface area contributed by atoms with Gasteiger partial charge in [0.1, 0.15) is 5.52 Å². The minimum atomic E-state index is -0.874. The third-order valence-electron chi connectivity index (χ3n) is 2.54. The number of aryl methyl sites for hydroxylation is 2. The molecule has 0 aliphatic carbocycles. The van der Waals surface area contributed by atoms with Crippen molar-refractivity contribution in [1.82, 2.24) is 15.0 Å². The summed E-state index contributed by atoms with van der Waals surface area (Å²) < 4.78 is 0. The Hall–Kier alpha value is -2.04. The Labute approximate surface area is 98.6 Å². The lowest BCUT2D eigenvalue weighted by atomic mass is 10.2. The van der Waals surface area contributed by atoms with Crippen molar-refractivity contribution in [2.75, 3.05) is 0 Å².